The number of carbonyl (C=O) groups is 2. The average Bonchev–Trinajstić information content (AvgIpc) is 2.96. The number of allylic oxidation sites excluding steroid dienone is 3. The Hall–Kier alpha value is -2.17. The molecule has 5 N–H and O–H groups in total. The Balaban J connectivity index is 1.86. The van der Waals surface area contributed by atoms with Crippen LogP contribution in [0.5, 0.6) is 0 Å². The third-order valence-electron chi connectivity index (χ3n) is 9.63. The number of hydrogen-bond donors (Lipinski definition) is 3. The van der Waals surface area contributed by atoms with E-state index in [9.17, 15) is 14.0 Å². The SMILES string of the molecule is CCCCCCN1CC(F)C(N2CCN(C(C)=O)CC2)C(NC(=O)C(C(N)N)C2CC(CC)(CCC)/C=C\C(F)=C=N2)C1. The second-order valence-electron chi connectivity index (χ2n) is 12.7. The Bertz CT molecular complexity index is 1010. The lowest BCUT2D eigenvalue weighted by molar-refractivity contribution is -0.132. The summed E-state index contributed by atoms with van der Waals surface area (Å²) >= 11 is 0. The number of hydrogen-bond acceptors (Lipinski definition) is 7. The molecule has 3 rings (SSSR count). The zero-order chi connectivity index (χ0) is 31.6. The maximum atomic E-state index is 16.1. The van der Waals surface area contributed by atoms with Crippen LogP contribution < -0.4 is 16.8 Å². The monoisotopic (exact) mass is 607 g/mol. The minimum atomic E-state index is -1.18. The smallest absolute Gasteiger partial charge is 0.228 e. The van der Waals surface area contributed by atoms with Crippen molar-refractivity contribution in [2.45, 2.75) is 110 Å². The molecule has 0 aliphatic carbocycles. The van der Waals surface area contributed by atoms with Gasteiger partial charge in [0.15, 0.2) is 5.83 Å². The molecule has 6 atom stereocenters. The van der Waals surface area contributed by atoms with E-state index >= 15 is 4.39 Å². The van der Waals surface area contributed by atoms with Crippen molar-refractivity contribution in [2.24, 2.45) is 27.8 Å². The maximum absolute atomic E-state index is 16.1. The molecule has 0 spiro atoms. The van der Waals surface area contributed by atoms with Gasteiger partial charge in [-0.3, -0.25) is 19.4 Å². The fourth-order valence-corrected chi connectivity index (χ4v) is 7.14. The lowest BCUT2D eigenvalue weighted by Crippen LogP contribution is -2.69. The van der Waals surface area contributed by atoms with Crippen molar-refractivity contribution in [1.29, 1.82) is 0 Å². The van der Waals surface area contributed by atoms with Crippen LogP contribution in [0.4, 0.5) is 8.78 Å². The molecule has 3 aliphatic rings. The highest BCUT2D eigenvalue weighted by molar-refractivity contribution is 5.81. The largest absolute Gasteiger partial charge is 0.350 e. The number of piperazine rings is 1. The molecule has 0 aromatic heterocycles. The highest BCUT2D eigenvalue weighted by Crippen LogP contribution is 2.39. The van der Waals surface area contributed by atoms with E-state index in [0.717, 1.165) is 51.5 Å². The van der Waals surface area contributed by atoms with Crippen LogP contribution in [-0.4, -0.2) is 109 Å². The number of alkyl halides is 1. The van der Waals surface area contributed by atoms with Gasteiger partial charge in [-0.2, -0.15) is 4.39 Å². The Morgan fingerprint density at radius 1 is 1.12 bits per heavy atom. The quantitative estimate of drug-likeness (QED) is 0.219. The topological polar surface area (TPSA) is 120 Å². The molecule has 6 unspecified atom stereocenters. The van der Waals surface area contributed by atoms with Gasteiger partial charge < -0.3 is 21.7 Å². The number of piperidine rings is 1. The van der Waals surface area contributed by atoms with E-state index in [1.165, 1.54) is 6.08 Å². The van der Waals surface area contributed by atoms with Crippen molar-refractivity contribution in [3.63, 3.8) is 0 Å². The van der Waals surface area contributed by atoms with Crippen molar-refractivity contribution in [3.8, 4) is 0 Å². The molecular formula is C32H55F2N7O2. The number of nitrogens with one attached hydrogen (secondary N) is 1. The summed E-state index contributed by atoms with van der Waals surface area (Å²) < 4.78 is 30.6. The number of rotatable bonds is 13. The van der Waals surface area contributed by atoms with Gasteiger partial charge in [0, 0.05) is 52.1 Å². The van der Waals surface area contributed by atoms with Gasteiger partial charge in [-0.1, -0.05) is 52.5 Å². The molecule has 2 saturated heterocycles. The van der Waals surface area contributed by atoms with Crippen LogP contribution in [0, 0.1) is 11.3 Å². The van der Waals surface area contributed by atoms with E-state index < -0.39 is 48.1 Å². The number of likely N-dealkylation sites (tertiary alicyclic amines) is 1. The summed E-state index contributed by atoms with van der Waals surface area (Å²) in [5.41, 5.74) is 12.1. The van der Waals surface area contributed by atoms with Gasteiger partial charge in [0.05, 0.1) is 30.2 Å². The predicted octanol–water partition coefficient (Wildman–Crippen LogP) is 3.15. The highest BCUT2D eigenvalue weighted by atomic mass is 19.1. The van der Waals surface area contributed by atoms with Crippen LogP contribution in [0.3, 0.4) is 0 Å². The second kappa shape index (κ2) is 16.8. The standard InChI is InChI=1S/C32H55F2N7O2/c1-5-8-9-10-14-39-21-25(34)29(41-17-15-40(16-18-41)23(4)42)27(22-39)38-31(43)28(30(35)36)26-19-32(7-3,12-6-2)13-11-24(33)20-37-26/h11,13,25-30H,5-10,12,14-19,21-22,35-36H2,1-4H3,(H,38,43)/b13-11-. The number of nitrogens with two attached hydrogens (primary N) is 2. The van der Waals surface area contributed by atoms with Crippen molar-refractivity contribution in [2.75, 3.05) is 45.8 Å². The van der Waals surface area contributed by atoms with Crippen LogP contribution in [0.25, 0.3) is 0 Å². The third kappa shape index (κ3) is 9.66. The van der Waals surface area contributed by atoms with Gasteiger partial charge in [0.1, 0.15) is 6.17 Å². The first-order valence-corrected chi connectivity index (χ1v) is 16.4. The summed E-state index contributed by atoms with van der Waals surface area (Å²) in [4.78, 5) is 36.3. The minimum absolute atomic E-state index is 0.00860. The average molecular weight is 608 g/mol. The van der Waals surface area contributed by atoms with E-state index in [0.29, 0.717) is 45.7 Å². The molecule has 3 aliphatic heterocycles. The van der Waals surface area contributed by atoms with E-state index in [-0.39, 0.29) is 11.3 Å². The molecule has 0 radical (unpaired) electrons. The number of amides is 2. The highest BCUT2D eigenvalue weighted by Gasteiger charge is 2.45. The van der Waals surface area contributed by atoms with E-state index in [1.807, 2.05) is 6.08 Å². The van der Waals surface area contributed by atoms with Crippen LogP contribution in [0.1, 0.15) is 79.1 Å². The molecule has 2 amide bonds. The Morgan fingerprint density at radius 2 is 1.84 bits per heavy atom. The number of nitrogens with zero attached hydrogens (tertiary/aromatic N) is 4. The Morgan fingerprint density at radius 3 is 2.44 bits per heavy atom. The molecule has 0 saturated carbocycles. The van der Waals surface area contributed by atoms with Crippen molar-refractivity contribution < 1.29 is 18.4 Å². The van der Waals surface area contributed by atoms with Crippen LogP contribution >= 0.6 is 0 Å². The second-order valence-corrected chi connectivity index (χ2v) is 12.7. The van der Waals surface area contributed by atoms with Crippen LogP contribution in [-0.2, 0) is 9.59 Å². The van der Waals surface area contributed by atoms with Gasteiger partial charge in [-0.25, -0.2) is 9.38 Å². The molecule has 2 fully saturated rings. The molecule has 0 bridgehead atoms. The molecule has 0 aromatic rings. The van der Waals surface area contributed by atoms with Gasteiger partial charge in [-0.05, 0) is 43.7 Å². The molecule has 9 nitrogen and oxygen atoms in total. The molecule has 11 heteroatoms. The summed E-state index contributed by atoms with van der Waals surface area (Å²) in [6.07, 6.45) is 8.28. The lowest BCUT2D eigenvalue weighted by Gasteiger charge is -2.48. The van der Waals surface area contributed by atoms with Crippen molar-refractivity contribution in [3.05, 3.63) is 18.0 Å². The summed E-state index contributed by atoms with van der Waals surface area (Å²) in [5.74, 6) is 0.517. The van der Waals surface area contributed by atoms with Gasteiger partial charge in [0.25, 0.3) is 0 Å². The summed E-state index contributed by atoms with van der Waals surface area (Å²) in [5, 5.41) is 3.16. The lowest BCUT2D eigenvalue weighted by atomic mass is 9.72. The van der Waals surface area contributed by atoms with Crippen molar-refractivity contribution in [1.82, 2.24) is 20.0 Å². The molecule has 43 heavy (non-hydrogen) atoms. The summed E-state index contributed by atoms with van der Waals surface area (Å²) in [6.45, 7) is 11.5. The zero-order valence-corrected chi connectivity index (χ0v) is 26.7. The minimum Gasteiger partial charge on any atom is -0.350 e. The van der Waals surface area contributed by atoms with Gasteiger partial charge >= 0.3 is 0 Å². The van der Waals surface area contributed by atoms with Crippen molar-refractivity contribution >= 4 is 17.7 Å². The zero-order valence-electron chi connectivity index (χ0n) is 26.7. The molecule has 244 valence electrons. The fraction of sp³-hybridized carbons (Fsp3) is 0.812. The number of aliphatic imine (C=N–C) groups is 1. The maximum Gasteiger partial charge on any atom is 0.228 e. The van der Waals surface area contributed by atoms with E-state index in [2.05, 4.69) is 46.8 Å². The number of carbonyl (C=O) groups excluding carboxylic acids is 2. The first-order chi connectivity index (χ1) is 20.5. The molecular weight excluding hydrogens is 552 g/mol. The van der Waals surface area contributed by atoms with E-state index in [4.69, 9.17) is 11.5 Å². The summed E-state index contributed by atoms with van der Waals surface area (Å²) in [6, 6.07) is -1.74. The Kier molecular flexibility index (Phi) is 13.8. The normalized spacial score (nSPS) is 30.4. The van der Waals surface area contributed by atoms with E-state index in [1.54, 1.807) is 11.8 Å². The fourth-order valence-electron chi connectivity index (χ4n) is 7.14. The first kappa shape index (κ1) is 35.3. The Labute approximate surface area is 257 Å². The van der Waals surface area contributed by atoms with Crippen LogP contribution in [0.2, 0.25) is 0 Å². The summed E-state index contributed by atoms with van der Waals surface area (Å²) in [7, 11) is 0. The van der Waals surface area contributed by atoms with Gasteiger partial charge in [0.2, 0.25) is 11.8 Å². The predicted molar refractivity (Wildman–Crippen MR) is 168 cm³/mol. The molecule has 0 aromatic carbocycles. The third-order valence-corrected chi connectivity index (χ3v) is 9.63. The number of halogens is 2. The van der Waals surface area contributed by atoms with Crippen LogP contribution in [0.15, 0.2) is 23.0 Å². The number of unbranched alkanes of at least 4 members (excludes halogenated alkanes) is 3. The first-order valence-electron chi connectivity index (χ1n) is 16.4. The molecule has 3 heterocycles. The van der Waals surface area contributed by atoms with Gasteiger partial charge in [-0.15, -0.1) is 0 Å².